The third-order valence-corrected chi connectivity index (χ3v) is 2.72. The minimum atomic E-state index is -0.108. The summed E-state index contributed by atoms with van der Waals surface area (Å²) in [5.74, 6) is -0.198. The highest BCUT2D eigenvalue weighted by atomic mass is 32.1. The highest BCUT2D eigenvalue weighted by Gasteiger charge is 2.05. The Kier molecular flexibility index (Phi) is 5.52. The lowest BCUT2D eigenvalue weighted by Gasteiger charge is -2.05. The molecule has 0 atom stereocenters. The van der Waals surface area contributed by atoms with E-state index in [1.54, 1.807) is 6.07 Å². The molecule has 88 valence electrons. The van der Waals surface area contributed by atoms with Crippen LogP contribution in [0.2, 0.25) is 0 Å². The smallest absolute Gasteiger partial charge is 0.261 e. The predicted octanol–water partition coefficient (Wildman–Crippen LogP) is -0.0571. The first kappa shape index (κ1) is 12.7. The summed E-state index contributed by atoms with van der Waals surface area (Å²) in [6.45, 7) is 1.19. The molecule has 0 bridgehead atoms. The van der Waals surface area contributed by atoms with E-state index in [9.17, 15) is 9.59 Å². The van der Waals surface area contributed by atoms with Gasteiger partial charge in [0, 0.05) is 26.1 Å². The van der Waals surface area contributed by atoms with Gasteiger partial charge in [0.15, 0.2) is 0 Å². The molecular formula is C10H15N3O2S. The molecule has 0 aliphatic heterocycles. The zero-order valence-corrected chi connectivity index (χ0v) is 9.68. The van der Waals surface area contributed by atoms with Crippen LogP contribution in [0.15, 0.2) is 17.5 Å². The van der Waals surface area contributed by atoms with Gasteiger partial charge in [-0.05, 0) is 11.4 Å². The van der Waals surface area contributed by atoms with Gasteiger partial charge in [-0.2, -0.15) is 0 Å². The van der Waals surface area contributed by atoms with E-state index in [-0.39, 0.29) is 11.8 Å². The Bertz CT molecular complexity index is 338. The first-order chi connectivity index (χ1) is 7.74. The number of thiophene rings is 1. The van der Waals surface area contributed by atoms with Gasteiger partial charge in [0.05, 0.1) is 4.88 Å². The maximum absolute atomic E-state index is 11.4. The second kappa shape index (κ2) is 6.97. The van der Waals surface area contributed by atoms with Crippen LogP contribution in [-0.2, 0) is 4.79 Å². The van der Waals surface area contributed by atoms with E-state index in [0.29, 0.717) is 30.9 Å². The third kappa shape index (κ3) is 4.41. The Morgan fingerprint density at radius 2 is 2.06 bits per heavy atom. The number of amides is 2. The summed E-state index contributed by atoms with van der Waals surface area (Å²) in [5.41, 5.74) is 5.22. The molecule has 0 spiro atoms. The number of carbonyl (C=O) groups is 2. The second-order valence-corrected chi connectivity index (χ2v) is 4.07. The van der Waals surface area contributed by atoms with E-state index >= 15 is 0 Å². The quantitative estimate of drug-likeness (QED) is 0.610. The van der Waals surface area contributed by atoms with Crippen LogP contribution in [0.1, 0.15) is 16.1 Å². The second-order valence-electron chi connectivity index (χ2n) is 3.12. The van der Waals surface area contributed by atoms with Crippen LogP contribution >= 0.6 is 11.3 Å². The van der Waals surface area contributed by atoms with E-state index in [1.807, 2.05) is 11.4 Å². The van der Waals surface area contributed by atoms with Crippen molar-refractivity contribution >= 4 is 23.2 Å². The van der Waals surface area contributed by atoms with E-state index in [0.717, 1.165) is 0 Å². The monoisotopic (exact) mass is 241 g/mol. The summed E-state index contributed by atoms with van der Waals surface area (Å²) in [4.78, 5) is 23.1. The molecule has 1 rings (SSSR count). The van der Waals surface area contributed by atoms with Crippen LogP contribution in [0, 0.1) is 0 Å². The summed E-state index contributed by atoms with van der Waals surface area (Å²) >= 11 is 1.39. The highest BCUT2D eigenvalue weighted by Crippen LogP contribution is 2.07. The molecule has 0 fully saturated rings. The number of hydrogen-bond acceptors (Lipinski definition) is 4. The fourth-order valence-corrected chi connectivity index (χ4v) is 1.73. The standard InChI is InChI=1S/C10H15N3O2S/c11-4-3-9(14)12-5-6-13-10(15)8-2-1-7-16-8/h1-2,7H,3-6,11H2,(H,12,14)(H,13,15). The average molecular weight is 241 g/mol. The van der Waals surface area contributed by atoms with Gasteiger partial charge in [0.1, 0.15) is 0 Å². The van der Waals surface area contributed by atoms with Crippen molar-refractivity contribution in [2.45, 2.75) is 6.42 Å². The van der Waals surface area contributed by atoms with Gasteiger partial charge in [0.25, 0.3) is 5.91 Å². The molecule has 0 aromatic carbocycles. The Hall–Kier alpha value is -1.40. The van der Waals surface area contributed by atoms with E-state index in [4.69, 9.17) is 5.73 Å². The number of nitrogens with one attached hydrogen (secondary N) is 2. The van der Waals surface area contributed by atoms with Crippen LogP contribution < -0.4 is 16.4 Å². The lowest BCUT2D eigenvalue weighted by atomic mass is 10.4. The highest BCUT2D eigenvalue weighted by molar-refractivity contribution is 7.12. The molecule has 1 heterocycles. The van der Waals surface area contributed by atoms with Gasteiger partial charge in [-0.1, -0.05) is 6.07 Å². The Balaban J connectivity index is 2.12. The van der Waals surface area contributed by atoms with Gasteiger partial charge in [-0.15, -0.1) is 11.3 Å². The fourth-order valence-electron chi connectivity index (χ4n) is 1.09. The van der Waals surface area contributed by atoms with E-state index < -0.39 is 0 Å². The van der Waals surface area contributed by atoms with E-state index in [1.165, 1.54) is 11.3 Å². The van der Waals surface area contributed by atoms with Crippen molar-refractivity contribution in [2.75, 3.05) is 19.6 Å². The number of nitrogens with two attached hydrogens (primary N) is 1. The van der Waals surface area contributed by atoms with Crippen molar-refractivity contribution < 1.29 is 9.59 Å². The zero-order valence-electron chi connectivity index (χ0n) is 8.86. The summed E-state index contributed by atoms with van der Waals surface area (Å²) in [5, 5.41) is 7.21. The predicted molar refractivity (Wildman–Crippen MR) is 63.3 cm³/mol. The summed E-state index contributed by atoms with van der Waals surface area (Å²) < 4.78 is 0. The SMILES string of the molecule is NCCC(=O)NCCNC(=O)c1cccs1. The molecule has 0 aliphatic rings. The Labute approximate surface area is 98.0 Å². The van der Waals surface area contributed by atoms with Crippen molar-refractivity contribution in [2.24, 2.45) is 5.73 Å². The lowest BCUT2D eigenvalue weighted by Crippen LogP contribution is -2.35. The van der Waals surface area contributed by atoms with Gasteiger partial charge in [-0.3, -0.25) is 9.59 Å². The van der Waals surface area contributed by atoms with Crippen LogP contribution in [-0.4, -0.2) is 31.4 Å². The largest absolute Gasteiger partial charge is 0.354 e. The number of rotatable bonds is 6. The summed E-state index contributed by atoms with van der Waals surface area (Å²) in [6.07, 6.45) is 0.318. The van der Waals surface area contributed by atoms with Gasteiger partial charge in [-0.25, -0.2) is 0 Å². The normalized spacial score (nSPS) is 9.81. The van der Waals surface area contributed by atoms with E-state index in [2.05, 4.69) is 10.6 Å². The average Bonchev–Trinajstić information content (AvgIpc) is 2.78. The molecule has 1 aromatic heterocycles. The minimum absolute atomic E-state index is 0.0899. The van der Waals surface area contributed by atoms with Gasteiger partial charge < -0.3 is 16.4 Å². The molecule has 0 aliphatic carbocycles. The molecule has 1 aromatic rings. The molecule has 6 heteroatoms. The molecule has 4 N–H and O–H groups in total. The van der Waals surface area contributed by atoms with Crippen molar-refractivity contribution in [1.29, 1.82) is 0 Å². The lowest BCUT2D eigenvalue weighted by molar-refractivity contribution is -0.120. The first-order valence-corrected chi connectivity index (χ1v) is 5.90. The zero-order chi connectivity index (χ0) is 11.8. The summed E-state index contributed by atoms with van der Waals surface area (Å²) in [6, 6.07) is 3.58. The van der Waals surface area contributed by atoms with Crippen LogP contribution in [0.5, 0.6) is 0 Å². The molecule has 2 amide bonds. The summed E-state index contributed by atoms with van der Waals surface area (Å²) in [7, 11) is 0. The maximum Gasteiger partial charge on any atom is 0.261 e. The van der Waals surface area contributed by atoms with Crippen LogP contribution in [0.4, 0.5) is 0 Å². The number of carbonyl (C=O) groups excluding carboxylic acids is 2. The van der Waals surface area contributed by atoms with Gasteiger partial charge >= 0.3 is 0 Å². The first-order valence-electron chi connectivity index (χ1n) is 5.02. The topological polar surface area (TPSA) is 84.2 Å². The Morgan fingerprint density at radius 1 is 1.31 bits per heavy atom. The third-order valence-electron chi connectivity index (χ3n) is 1.85. The minimum Gasteiger partial charge on any atom is -0.354 e. The van der Waals surface area contributed by atoms with Crippen molar-refractivity contribution in [3.8, 4) is 0 Å². The Morgan fingerprint density at radius 3 is 2.69 bits per heavy atom. The van der Waals surface area contributed by atoms with Gasteiger partial charge in [0.2, 0.25) is 5.91 Å². The molecule has 0 saturated heterocycles. The molecular weight excluding hydrogens is 226 g/mol. The van der Waals surface area contributed by atoms with Crippen LogP contribution in [0.25, 0.3) is 0 Å². The van der Waals surface area contributed by atoms with Crippen molar-refractivity contribution in [3.05, 3.63) is 22.4 Å². The molecule has 5 nitrogen and oxygen atoms in total. The van der Waals surface area contributed by atoms with Crippen LogP contribution in [0.3, 0.4) is 0 Å². The van der Waals surface area contributed by atoms with Crippen molar-refractivity contribution in [1.82, 2.24) is 10.6 Å². The van der Waals surface area contributed by atoms with Crippen molar-refractivity contribution in [3.63, 3.8) is 0 Å². The fraction of sp³-hybridized carbons (Fsp3) is 0.400. The molecule has 0 radical (unpaired) electrons. The molecule has 0 unspecified atom stereocenters. The maximum atomic E-state index is 11.4. The molecule has 0 saturated carbocycles. The number of hydrogen-bond donors (Lipinski definition) is 3. The molecule has 16 heavy (non-hydrogen) atoms.